The molecule has 0 aliphatic heterocycles. The summed E-state index contributed by atoms with van der Waals surface area (Å²) in [5, 5.41) is 9.36. The summed E-state index contributed by atoms with van der Waals surface area (Å²) in [6, 6.07) is 70.6. The average Bonchev–Trinajstić information content (AvgIpc) is 3.92. The van der Waals surface area contributed by atoms with Gasteiger partial charge in [-0.05, 0) is 103 Å². The van der Waals surface area contributed by atoms with Crippen LogP contribution in [0.5, 0.6) is 0 Å². The van der Waals surface area contributed by atoms with Gasteiger partial charge < -0.3 is 14.0 Å². The van der Waals surface area contributed by atoms with Gasteiger partial charge in [0.2, 0.25) is 0 Å². The predicted molar refractivity (Wildman–Crippen MR) is 267 cm³/mol. The van der Waals surface area contributed by atoms with Gasteiger partial charge in [-0.1, -0.05) is 148 Å². The number of hydrogen-bond acceptors (Lipinski definition) is 3. The van der Waals surface area contributed by atoms with Crippen molar-refractivity contribution in [2.45, 2.75) is 39.5 Å². The summed E-state index contributed by atoms with van der Waals surface area (Å²) in [7, 11) is 0. The average molecular weight is 1020 g/mol. The van der Waals surface area contributed by atoms with E-state index in [1.807, 2.05) is 48.5 Å². The zero-order valence-corrected chi connectivity index (χ0v) is 39.0. The maximum absolute atomic E-state index is 6.92. The number of pyridine rings is 1. The van der Waals surface area contributed by atoms with Gasteiger partial charge >= 0.3 is 0 Å². The second-order valence-corrected chi connectivity index (χ2v) is 17.1. The van der Waals surface area contributed by atoms with Crippen LogP contribution in [0.4, 0.5) is 0 Å². The third kappa shape index (κ3) is 7.51. The number of rotatable bonds is 6. The standard InChI is InChI=1S/C49H37N2O.C11H8N.Ir/c1-29(2)40-26-35(31-13-6-5-7-14-31)27-41(30(3)4)46(40)51-47-37-18-11-9-16-33(37)23-24-44(47)50-49(51)39-20-12-19-38-43-25-34-22-21-32-15-8-10-17-36(32)42(34)28-45(43)52-48(38)39;1-2-6-10(7-3-1)11-8-4-5-9-12-11;/h5-19,21-30H,1-4H3;1-6,8-9H;/q2*-1;. The molecule has 0 bridgehead atoms. The molecule has 0 unspecified atom stereocenters. The molecule has 0 amide bonds. The number of hydrogen-bond donors (Lipinski definition) is 0. The second-order valence-electron chi connectivity index (χ2n) is 17.1. The molecule has 5 heteroatoms. The van der Waals surface area contributed by atoms with Gasteiger partial charge in [0, 0.05) is 42.8 Å². The minimum absolute atomic E-state index is 0. The van der Waals surface area contributed by atoms with Crippen LogP contribution >= 0.6 is 0 Å². The van der Waals surface area contributed by atoms with E-state index in [-0.39, 0.29) is 31.9 Å². The Morgan fingerprint density at radius 1 is 0.523 bits per heavy atom. The summed E-state index contributed by atoms with van der Waals surface area (Å²) < 4.78 is 9.35. The Morgan fingerprint density at radius 2 is 1.20 bits per heavy atom. The summed E-state index contributed by atoms with van der Waals surface area (Å²) in [6.45, 7) is 9.20. The second kappa shape index (κ2) is 17.4. The van der Waals surface area contributed by atoms with Crippen molar-refractivity contribution in [3.05, 3.63) is 211 Å². The molecule has 0 N–H and O–H groups in total. The molecule has 3 aromatic heterocycles. The minimum Gasteiger partial charge on any atom is -0.501 e. The van der Waals surface area contributed by atoms with E-state index in [9.17, 15) is 0 Å². The number of imidazole rings is 1. The quantitative estimate of drug-likeness (QED) is 0.123. The van der Waals surface area contributed by atoms with Gasteiger partial charge in [0.05, 0.1) is 22.4 Å². The van der Waals surface area contributed by atoms with Gasteiger partial charge in [0.25, 0.3) is 0 Å². The van der Waals surface area contributed by atoms with E-state index in [1.165, 1.54) is 60.3 Å². The predicted octanol–water partition coefficient (Wildman–Crippen LogP) is 16.3. The summed E-state index contributed by atoms with van der Waals surface area (Å²) >= 11 is 0. The number of nitrogens with zero attached hydrogens (tertiary/aromatic N) is 3. The van der Waals surface area contributed by atoms with E-state index >= 15 is 0 Å². The Morgan fingerprint density at radius 3 is 1.92 bits per heavy atom. The summed E-state index contributed by atoms with van der Waals surface area (Å²) in [6.07, 6.45) is 1.79. The Bertz CT molecular complexity index is 3600. The topological polar surface area (TPSA) is 43.9 Å². The van der Waals surface area contributed by atoms with Crippen molar-refractivity contribution >= 4 is 65.3 Å². The molecule has 0 aliphatic rings. The first-order chi connectivity index (χ1) is 31.4. The normalized spacial score (nSPS) is 11.5. The van der Waals surface area contributed by atoms with E-state index < -0.39 is 0 Å². The third-order valence-electron chi connectivity index (χ3n) is 12.5. The molecular weight excluding hydrogens is 971 g/mol. The minimum atomic E-state index is 0. The zero-order valence-electron chi connectivity index (χ0n) is 36.6. The fourth-order valence-corrected chi connectivity index (χ4v) is 9.32. The van der Waals surface area contributed by atoms with Crippen molar-refractivity contribution in [3.63, 3.8) is 0 Å². The van der Waals surface area contributed by atoms with Crippen molar-refractivity contribution in [1.82, 2.24) is 14.5 Å². The molecule has 12 rings (SSSR count). The Labute approximate surface area is 392 Å². The van der Waals surface area contributed by atoms with Gasteiger partial charge in [-0.15, -0.1) is 54.1 Å². The van der Waals surface area contributed by atoms with Crippen LogP contribution in [0.3, 0.4) is 0 Å². The summed E-state index contributed by atoms with van der Waals surface area (Å²) in [5.74, 6) is 1.34. The van der Waals surface area contributed by atoms with Gasteiger partial charge in [-0.3, -0.25) is 4.98 Å². The fraction of sp³-hybridized carbons (Fsp3) is 0.100. The van der Waals surface area contributed by atoms with Gasteiger partial charge in [-0.2, -0.15) is 0 Å². The van der Waals surface area contributed by atoms with Crippen molar-refractivity contribution < 1.29 is 24.5 Å². The monoisotopic (exact) mass is 1020 g/mol. The first kappa shape index (κ1) is 41.8. The maximum Gasteiger partial charge on any atom is 0.121 e. The number of aromatic nitrogens is 3. The molecular formula is C60H45IrN3O-2. The van der Waals surface area contributed by atoms with Crippen LogP contribution in [0.1, 0.15) is 50.7 Å². The van der Waals surface area contributed by atoms with Crippen LogP contribution in [-0.4, -0.2) is 14.5 Å². The SMILES string of the molecule is CC(C)c1cc(-c2ccccc2)cc(C(C)C)c1-n1c(-c2[c-]ccc3c2oc2cc4c(ccc5ccccc54)cc23)nc2ccc3ccccc3c21.[Ir].[c-]1ccccc1-c1ccccn1. The molecule has 0 spiro atoms. The first-order valence-corrected chi connectivity index (χ1v) is 22.1. The zero-order chi connectivity index (χ0) is 43.3. The molecule has 0 saturated heterocycles. The molecule has 317 valence electrons. The van der Waals surface area contributed by atoms with E-state index in [4.69, 9.17) is 9.40 Å². The van der Waals surface area contributed by atoms with E-state index in [1.54, 1.807) is 6.20 Å². The molecule has 12 aromatic rings. The van der Waals surface area contributed by atoms with Crippen LogP contribution in [0.2, 0.25) is 0 Å². The Kier molecular flexibility index (Phi) is 11.2. The molecule has 3 heterocycles. The molecule has 1 radical (unpaired) electrons. The van der Waals surface area contributed by atoms with Crippen LogP contribution in [-0.2, 0) is 20.1 Å². The van der Waals surface area contributed by atoms with Crippen LogP contribution < -0.4 is 0 Å². The van der Waals surface area contributed by atoms with Crippen molar-refractivity contribution in [2.75, 3.05) is 0 Å². The molecule has 65 heavy (non-hydrogen) atoms. The van der Waals surface area contributed by atoms with Crippen LogP contribution in [0.25, 0.3) is 105 Å². The van der Waals surface area contributed by atoms with Gasteiger partial charge in [-0.25, -0.2) is 0 Å². The number of furan rings is 1. The van der Waals surface area contributed by atoms with Crippen LogP contribution in [0.15, 0.2) is 193 Å². The van der Waals surface area contributed by atoms with E-state index in [0.717, 1.165) is 55.6 Å². The third-order valence-corrected chi connectivity index (χ3v) is 12.5. The Balaban J connectivity index is 0.000000332. The molecule has 0 atom stereocenters. The largest absolute Gasteiger partial charge is 0.501 e. The summed E-state index contributed by atoms with van der Waals surface area (Å²) in [4.78, 5) is 9.70. The molecule has 0 fully saturated rings. The van der Waals surface area contributed by atoms with Gasteiger partial charge in [0.15, 0.2) is 0 Å². The van der Waals surface area contributed by atoms with E-state index in [0.29, 0.717) is 0 Å². The molecule has 0 aliphatic carbocycles. The molecule has 4 nitrogen and oxygen atoms in total. The van der Waals surface area contributed by atoms with Gasteiger partial charge in [0.1, 0.15) is 5.58 Å². The smallest absolute Gasteiger partial charge is 0.121 e. The van der Waals surface area contributed by atoms with Crippen molar-refractivity contribution in [3.8, 4) is 39.5 Å². The molecule has 9 aromatic carbocycles. The summed E-state index contributed by atoms with van der Waals surface area (Å²) in [5.41, 5.74) is 12.8. The van der Waals surface area contributed by atoms with Crippen LogP contribution in [0, 0.1) is 12.1 Å². The fourth-order valence-electron chi connectivity index (χ4n) is 9.32. The van der Waals surface area contributed by atoms with Crippen molar-refractivity contribution in [2.24, 2.45) is 0 Å². The number of fused-ring (bicyclic) bond motifs is 9. The van der Waals surface area contributed by atoms with E-state index in [2.05, 4.69) is 183 Å². The number of benzene rings is 9. The maximum atomic E-state index is 6.92. The first-order valence-electron chi connectivity index (χ1n) is 22.1. The molecule has 0 saturated carbocycles. The van der Waals surface area contributed by atoms with Crippen molar-refractivity contribution in [1.29, 1.82) is 0 Å². The Hall–Kier alpha value is -7.17.